The molecule has 0 saturated carbocycles. The summed E-state index contributed by atoms with van der Waals surface area (Å²) < 4.78 is 21.4. The van der Waals surface area contributed by atoms with Crippen molar-refractivity contribution < 1.29 is 44.5 Å². The summed E-state index contributed by atoms with van der Waals surface area (Å²) in [5, 5.41) is 48.1. The molecule has 2 aliphatic rings. The van der Waals surface area contributed by atoms with Crippen molar-refractivity contribution in [1.29, 1.82) is 0 Å². The Morgan fingerprint density at radius 3 is 2.09 bits per heavy atom. The topological polar surface area (TPSA) is 138 Å². The molecule has 2 saturated heterocycles. The molecule has 0 bridgehead atoms. The van der Waals surface area contributed by atoms with Gasteiger partial charge in [0, 0.05) is 20.0 Å². The Balaban J connectivity index is 1.99. The molecule has 2 fully saturated rings. The largest absolute Gasteiger partial charge is 0.394 e. The van der Waals surface area contributed by atoms with Crippen LogP contribution in [0.25, 0.3) is 0 Å². The lowest BCUT2D eigenvalue weighted by molar-refractivity contribution is -0.318. The van der Waals surface area contributed by atoms with Gasteiger partial charge in [0.15, 0.2) is 12.6 Å². The normalized spacial score (nSPS) is 46.6. The molecular formula is C13H24O9. The zero-order valence-corrected chi connectivity index (χ0v) is 12.3. The van der Waals surface area contributed by atoms with Crippen LogP contribution in [-0.2, 0) is 18.9 Å². The molecule has 5 unspecified atom stereocenters. The lowest BCUT2D eigenvalue weighted by Gasteiger charge is -2.42. The molecule has 2 rings (SSSR count). The van der Waals surface area contributed by atoms with E-state index in [1.54, 1.807) is 0 Å². The Labute approximate surface area is 128 Å². The summed E-state index contributed by atoms with van der Waals surface area (Å²) in [4.78, 5) is 0. The van der Waals surface area contributed by atoms with Gasteiger partial charge in [-0.05, 0) is 0 Å². The first-order valence-electron chi connectivity index (χ1n) is 7.25. The first kappa shape index (κ1) is 18.0. The highest BCUT2D eigenvalue weighted by Crippen LogP contribution is 2.28. The van der Waals surface area contributed by atoms with Crippen LogP contribution in [0.15, 0.2) is 0 Å². The van der Waals surface area contributed by atoms with Crippen LogP contribution in [0.3, 0.4) is 0 Å². The fourth-order valence-electron chi connectivity index (χ4n) is 2.71. The first-order chi connectivity index (χ1) is 10.5. The van der Waals surface area contributed by atoms with E-state index in [9.17, 15) is 20.4 Å². The molecule has 0 amide bonds. The highest BCUT2D eigenvalue weighted by molar-refractivity contribution is 4.87. The average Bonchev–Trinajstić information content (AvgIpc) is 2.52. The van der Waals surface area contributed by atoms with Gasteiger partial charge < -0.3 is 44.5 Å². The highest BCUT2D eigenvalue weighted by atomic mass is 16.7. The van der Waals surface area contributed by atoms with Crippen molar-refractivity contribution in [2.24, 2.45) is 0 Å². The average molecular weight is 324 g/mol. The molecule has 130 valence electrons. The zero-order valence-electron chi connectivity index (χ0n) is 12.3. The van der Waals surface area contributed by atoms with E-state index < -0.39 is 55.8 Å². The Kier molecular flexibility index (Phi) is 6.50. The predicted molar refractivity (Wildman–Crippen MR) is 70.6 cm³/mol. The summed E-state index contributed by atoms with van der Waals surface area (Å²) in [7, 11) is 1.43. The van der Waals surface area contributed by atoms with Crippen LogP contribution in [-0.4, -0.2) is 95.1 Å². The van der Waals surface area contributed by atoms with Crippen molar-refractivity contribution in [3.8, 4) is 0 Å². The van der Waals surface area contributed by atoms with Crippen LogP contribution in [0.2, 0.25) is 0 Å². The van der Waals surface area contributed by atoms with Crippen molar-refractivity contribution >= 4 is 0 Å². The lowest BCUT2D eigenvalue weighted by atomic mass is 10.00. The van der Waals surface area contributed by atoms with Crippen LogP contribution in [0.4, 0.5) is 0 Å². The molecule has 9 heteroatoms. The molecule has 0 aromatic rings. The maximum Gasteiger partial charge on any atom is 0.161 e. The quantitative estimate of drug-likeness (QED) is 0.366. The monoisotopic (exact) mass is 324 g/mol. The molecule has 9 nitrogen and oxygen atoms in total. The minimum atomic E-state index is -1.20. The third-order valence-electron chi connectivity index (χ3n) is 3.97. The molecule has 2 heterocycles. The number of methoxy groups -OCH3 is 1. The fourth-order valence-corrected chi connectivity index (χ4v) is 2.71. The Morgan fingerprint density at radius 1 is 0.909 bits per heavy atom. The van der Waals surface area contributed by atoms with E-state index in [-0.39, 0.29) is 19.4 Å². The smallest absolute Gasteiger partial charge is 0.161 e. The van der Waals surface area contributed by atoms with Crippen LogP contribution in [0.5, 0.6) is 0 Å². The number of aliphatic hydroxyl groups excluding tert-OH is 5. The minimum Gasteiger partial charge on any atom is -0.394 e. The van der Waals surface area contributed by atoms with E-state index in [2.05, 4.69) is 0 Å². The van der Waals surface area contributed by atoms with Gasteiger partial charge in [-0.3, -0.25) is 0 Å². The number of hydrogen-bond acceptors (Lipinski definition) is 9. The van der Waals surface area contributed by atoms with Crippen LogP contribution < -0.4 is 0 Å². The summed E-state index contributed by atoms with van der Waals surface area (Å²) in [6, 6.07) is 0. The first-order valence-corrected chi connectivity index (χ1v) is 7.25. The van der Waals surface area contributed by atoms with E-state index in [0.29, 0.717) is 0 Å². The maximum atomic E-state index is 10.1. The minimum absolute atomic E-state index is 0.0211. The van der Waals surface area contributed by atoms with Gasteiger partial charge in [-0.15, -0.1) is 0 Å². The van der Waals surface area contributed by atoms with Gasteiger partial charge in [0.1, 0.15) is 24.4 Å². The maximum absolute atomic E-state index is 10.1. The van der Waals surface area contributed by atoms with Gasteiger partial charge in [0.05, 0.1) is 25.4 Å². The number of ether oxygens (including phenoxy) is 4. The molecule has 8 atom stereocenters. The van der Waals surface area contributed by atoms with Crippen molar-refractivity contribution in [2.45, 2.75) is 62.0 Å². The molecule has 0 aromatic heterocycles. The number of aliphatic hydroxyl groups is 5. The van der Waals surface area contributed by atoms with E-state index >= 15 is 0 Å². The molecule has 0 spiro atoms. The second kappa shape index (κ2) is 7.95. The van der Waals surface area contributed by atoms with Gasteiger partial charge in [0.2, 0.25) is 0 Å². The third-order valence-corrected chi connectivity index (χ3v) is 3.97. The zero-order chi connectivity index (χ0) is 16.3. The second-order valence-corrected chi connectivity index (χ2v) is 5.51. The Bertz CT molecular complexity index is 341. The van der Waals surface area contributed by atoms with Crippen molar-refractivity contribution in [3.63, 3.8) is 0 Å². The second-order valence-electron chi connectivity index (χ2n) is 5.51. The molecule has 5 N–H and O–H groups in total. The van der Waals surface area contributed by atoms with Gasteiger partial charge in [-0.25, -0.2) is 0 Å². The van der Waals surface area contributed by atoms with E-state index in [0.717, 1.165) is 0 Å². The standard InChI is InChI=1S/C13H24O9/c1-19-10-3-7(17)13(9(5-15)21-10)22-11-2-6(16)12(18)8(4-14)20-11/h6-18H,2-5H2,1H3/t6-,7?,8?,9?,10?,11-,12+,13?/m1/s1. The predicted octanol–water partition coefficient (Wildman–Crippen LogP) is -2.68. The van der Waals surface area contributed by atoms with Gasteiger partial charge >= 0.3 is 0 Å². The number of rotatable bonds is 5. The van der Waals surface area contributed by atoms with Crippen molar-refractivity contribution in [1.82, 2.24) is 0 Å². The van der Waals surface area contributed by atoms with Gasteiger partial charge in [0.25, 0.3) is 0 Å². The van der Waals surface area contributed by atoms with Gasteiger partial charge in [-0.2, -0.15) is 0 Å². The van der Waals surface area contributed by atoms with E-state index in [4.69, 9.17) is 24.1 Å². The SMILES string of the molecule is COC1CC(O)C(O[C@@H]2C[C@@H](O)[C@H](O)C(CO)O2)C(CO)O1. The molecular weight excluding hydrogens is 300 g/mol. The molecule has 0 radical (unpaired) electrons. The summed E-state index contributed by atoms with van der Waals surface area (Å²) in [6.07, 6.45) is -7.36. The summed E-state index contributed by atoms with van der Waals surface area (Å²) >= 11 is 0. The molecule has 0 aromatic carbocycles. The molecule has 2 aliphatic heterocycles. The van der Waals surface area contributed by atoms with Crippen molar-refractivity contribution in [3.05, 3.63) is 0 Å². The number of hydrogen-bond donors (Lipinski definition) is 5. The third kappa shape index (κ3) is 3.94. The van der Waals surface area contributed by atoms with E-state index in [1.807, 2.05) is 0 Å². The summed E-state index contributed by atoms with van der Waals surface area (Å²) in [6.45, 7) is -0.861. The van der Waals surface area contributed by atoms with Gasteiger partial charge in [-0.1, -0.05) is 0 Å². The van der Waals surface area contributed by atoms with Crippen molar-refractivity contribution in [2.75, 3.05) is 20.3 Å². The van der Waals surface area contributed by atoms with E-state index in [1.165, 1.54) is 7.11 Å². The molecule has 0 aliphatic carbocycles. The van der Waals surface area contributed by atoms with Crippen LogP contribution >= 0.6 is 0 Å². The van der Waals surface area contributed by atoms with Crippen LogP contribution in [0.1, 0.15) is 12.8 Å². The fraction of sp³-hybridized carbons (Fsp3) is 1.00. The lowest BCUT2D eigenvalue weighted by Crippen LogP contribution is -2.56. The molecule has 22 heavy (non-hydrogen) atoms. The Morgan fingerprint density at radius 2 is 1.50 bits per heavy atom. The summed E-state index contributed by atoms with van der Waals surface area (Å²) in [5.41, 5.74) is 0. The summed E-state index contributed by atoms with van der Waals surface area (Å²) in [5.74, 6) is 0. The Hall–Kier alpha value is -0.360. The van der Waals surface area contributed by atoms with Crippen LogP contribution in [0, 0.1) is 0 Å². The highest BCUT2D eigenvalue weighted by Gasteiger charge is 2.43.